The number of carbonyl (C=O) groups excluding carboxylic acids is 1. The second-order valence-corrected chi connectivity index (χ2v) is 5.37. The Morgan fingerprint density at radius 3 is 2.59 bits per heavy atom. The molecule has 0 radical (unpaired) electrons. The Morgan fingerprint density at radius 2 is 1.82 bits per heavy atom. The molecule has 1 saturated carbocycles. The summed E-state index contributed by atoms with van der Waals surface area (Å²) < 4.78 is 13.3. The van der Waals surface area contributed by atoms with Crippen LogP contribution in [0.2, 0.25) is 0 Å². The third-order valence-electron chi connectivity index (χ3n) is 4.45. The Labute approximate surface area is 101 Å². The molecule has 3 rings (SSSR count). The van der Waals surface area contributed by atoms with Gasteiger partial charge < -0.3 is 0 Å². The lowest BCUT2D eigenvalue weighted by molar-refractivity contribution is -0.126. The molecule has 1 spiro atoms. The van der Waals surface area contributed by atoms with Crippen LogP contribution in [0.5, 0.6) is 0 Å². The molecule has 1 aromatic rings. The van der Waals surface area contributed by atoms with E-state index in [2.05, 4.69) is 0 Å². The normalized spacial score (nSPS) is 22.5. The van der Waals surface area contributed by atoms with Crippen molar-refractivity contribution in [1.82, 2.24) is 0 Å². The number of Topliss-reactive ketones (excluding diaryl/α,β-unsaturated/α-hetero) is 1. The van der Waals surface area contributed by atoms with E-state index in [4.69, 9.17) is 0 Å². The van der Waals surface area contributed by atoms with Gasteiger partial charge in [0.05, 0.1) is 5.41 Å². The maximum atomic E-state index is 13.3. The third-order valence-corrected chi connectivity index (χ3v) is 4.45. The summed E-state index contributed by atoms with van der Waals surface area (Å²) in [6.45, 7) is 0. The van der Waals surface area contributed by atoms with Crippen molar-refractivity contribution in [3.8, 4) is 0 Å². The quantitative estimate of drug-likeness (QED) is 0.668. The summed E-state index contributed by atoms with van der Waals surface area (Å²) in [7, 11) is 0. The van der Waals surface area contributed by atoms with Crippen molar-refractivity contribution in [1.29, 1.82) is 0 Å². The maximum Gasteiger partial charge on any atom is 0.143 e. The average Bonchev–Trinajstić information content (AvgIpc) is 2.35. The van der Waals surface area contributed by atoms with Gasteiger partial charge in [-0.25, -0.2) is 4.39 Å². The van der Waals surface area contributed by atoms with Gasteiger partial charge in [0.2, 0.25) is 0 Å². The van der Waals surface area contributed by atoms with Crippen LogP contribution in [0.25, 0.3) is 0 Å². The van der Waals surface area contributed by atoms with Crippen LogP contribution in [-0.4, -0.2) is 5.78 Å². The van der Waals surface area contributed by atoms with E-state index >= 15 is 0 Å². The lowest BCUT2D eigenvalue weighted by Gasteiger charge is -2.40. The van der Waals surface area contributed by atoms with Crippen LogP contribution in [0.1, 0.15) is 49.7 Å². The number of aryl methyl sites for hydroxylation is 1. The first-order valence-corrected chi connectivity index (χ1v) is 6.55. The van der Waals surface area contributed by atoms with Crippen molar-refractivity contribution in [2.75, 3.05) is 0 Å². The first kappa shape index (κ1) is 10.9. The molecule has 0 unspecified atom stereocenters. The zero-order chi connectivity index (χ0) is 11.9. The maximum absolute atomic E-state index is 13.3. The number of fused-ring (bicyclic) bond motifs is 2. The summed E-state index contributed by atoms with van der Waals surface area (Å²) in [5.74, 6) is 0.209. The fourth-order valence-corrected chi connectivity index (χ4v) is 3.58. The van der Waals surface area contributed by atoms with E-state index in [9.17, 15) is 9.18 Å². The van der Waals surface area contributed by atoms with Gasteiger partial charge in [-0.3, -0.25) is 4.79 Å². The molecule has 1 nitrogen and oxygen atoms in total. The predicted octanol–water partition coefficient (Wildman–Crippen LogP) is 3.54. The van der Waals surface area contributed by atoms with Gasteiger partial charge in [0.15, 0.2) is 0 Å². The number of benzene rings is 1. The summed E-state index contributed by atoms with van der Waals surface area (Å²) >= 11 is 0. The molecule has 0 aliphatic heterocycles. The summed E-state index contributed by atoms with van der Waals surface area (Å²) in [6.07, 6.45) is 6.72. The fourth-order valence-electron chi connectivity index (χ4n) is 3.58. The Hall–Kier alpha value is -1.18. The van der Waals surface area contributed by atoms with Gasteiger partial charge in [-0.1, -0.05) is 25.3 Å². The van der Waals surface area contributed by atoms with Crippen LogP contribution in [-0.2, 0) is 16.6 Å². The smallest absolute Gasteiger partial charge is 0.143 e. The summed E-state index contributed by atoms with van der Waals surface area (Å²) in [6, 6.07) is 4.99. The fraction of sp³-hybridized carbons (Fsp3) is 0.533. The van der Waals surface area contributed by atoms with E-state index in [0.29, 0.717) is 18.6 Å². The van der Waals surface area contributed by atoms with E-state index in [1.54, 1.807) is 6.07 Å². The lowest BCUT2D eigenvalue weighted by Crippen LogP contribution is -2.41. The molecule has 0 N–H and O–H groups in total. The Bertz CT molecular complexity index is 458. The van der Waals surface area contributed by atoms with Crippen molar-refractivity contribution in [3.63, 3.8) is 0 Å². The number of halogens is 1. The number of ketones is 1. The van der Waals surface area contributed by atoms with E-state index in [1.165, 1.54) is 12.5 Å². The number of hydrogen-bond donors (Lipinski definition) is 0. The molecule has 2 aliphatic carbocycles. The number of hydrogen-bond acceptors (Lipinski definition) is 1. The van der Waals surface area contributed by atoms with Gasteiger partial charge in [-0.05, 0) is 42.5 Å². The molecule has 90 valence electrons. The van der Waals surface area contributed by atoms with Gasteiger partial charge in [-0.15, -0.1) is 0 Å². The van der Waals surface area contributed by atoms with E-state index in [1.807, 2.05) is 6.07 Å². The van der Waals surface area contributed by atoms with Crippen LogP contribution in [0.3, 0.4) is 0 Å². The largest absolute Gasteiger partial charge is 0.299 e. The van der Waals surface area contributed by atoms with Crippen LogP contribution in [0.4, 0.5) is 4.39 Å². The molecule has 17 heavy (non-hydrogen) atoms. The summed E-state index contributed by atoms with van der Waals surface area (Å²) in [5.41, 5.74) is 1.92. The molecule has 2 heteroatoms. The van der Waals surface area contributed by atoms with E-state index < -0.39 is 0 Å². The molecular weight excluding hydrogens is 215 g/mol. The monoisotopic (exact) mass is 232 g/mol. The molecule has 0 heterocycles. The molecule has 0 aromatic heterocycles. The highest BCUT2D eigenvalue weighted by atomic mass is 19.1. The molecular formula is C15H17FO. The van der Waals surface area contributed by atoms with Crippen molar-refractivity contribution in [3.05, 3.63) is 35.1 Å². The molecule has 2 aliphatic rings. The highest BCUT2D eigenvalue weighted by molar-refractivity contribution is 5.92. The van der Waals surface area contributed by atoms with Gasteiger partial charge in [0.1, 0.15) is 11.6 Å². The second kappa shape index (κ2) is 3.94. The van der Waals surface area contributed by atoms with Crippen molar-refractivity contribution >= 4 is 5.78 Å². The number of carbonyl (C=O) groups is 1. The molecule has 0 bridgehead atoms. The predicted molar refractivity (Wildman–Crippen MR) is 64.5 cm³/mol. The van der Waals surface area contributed by atoms with Crippen LogP contribution >= 0.6 is 0 Å². The highest BCUT2D eigenvalue weighted by Crippen LogP contribution is 2.45. The van der Waals surface area contributed by atoms with Crippen molar-refractivity contribution < 1.29 is 9.18 Å². The Balaban J connectivity index is 2.12. The SMILES string of the molecule is O=C1CCc2cc(F)ccc2C12CCCCC2. The first-order chi connectivity index (χ1) is 8.22. The van der Waals surface area contributed by atoms with Crippen molar-refractivity contribution in [2.45, 2.75) is 50.4 Å². The number of rotatable bonds is 0. The van der Waals surface area contributed by atoms with E-state index in [-0.39, 0.29) is 11.2 Å². The topological polar surface area (TPSA) is 17.1 Å². The zero-order valence-electron chi connectivity index (χ0n) is 9.97. The molecule has 1 aromatic carbocycles. The minimum Gasteiger partial charge on any atom is -0.299 e. The first-order valence-electron chi connectivity index (χ1n) is 6.55. The molecule has 1 fully saturated rings. The minimum absolute atomic E-state index is 0.177. The second-order valence-electron chi connectivity index (χ2n) is 5.37. The average molecular weight is 232 g/mol. The van der Waals surface area contributed by atoms with Gasteiger partial charge in [0, 0.05) is 6.42 Å². The molecule has 0 amide bonds. The lowest BCUT2D eigenvalue weighted by atomic mass is 9.62. The highest BCUT2D eigenvalue weighted by Gasteiger charge is 2.43. The van der Waals surface area contributed by atoms with Crippen LogP contribution in [0, 0.1) is 5.82 Å². The minimum atomic E-state index is -0.264. The molecule has 0 atom stereocenters. The zero-order valence-corrected chi connectivity index (χ0v) is 9.97. The Morgan fingerprint density at radius 1 is 1.06 bits per heavy atom. The van der Waals surface area contributed by atoms with Gasteiger partial charge in [-0.2, -0.15) is 0 Å². The van der Waals surface area contributed by atoms with E-state index in [0.717, 1.165) is 36.8 Å². The summed E-state index contributed by atoms with van der Waals surface area (Å²) in [5, 5.41) is 0. The third kappa shape index (κ3) is 1.62. The molecule has 0 saturated heterocycles. The summed E-state index contributed by atoms with van der Waals surface area (Å²) in [4.78, 5) is 12.3. The van der Waals surface area contributed by atoms with Gasteiger partial charge >= 0.3 is 0 Å². The standard InChI is InChI=1S/C15H17FO/c16-12-5-6-13-11(10-12)4-7-14(17)15(13)8-2-1-3-9-15/h5-6,10H,1-4,7-9H2. The van der Waals surface area contributed by atoms with Crippen molar-refractivity contribution in [2.24, 2.45) is 0 Å². The van der Waals surface area contributed by atoms with Crippen LogP contribution in [0.15, 0.2) is 18.2 Å². The van der Waals surface area contributed by atoms with Crippen LogP contribution < -0.4 is 0 Å². The van der Waals surface area contributed by atoms with Gasteiger partial charge in [0.25, 0.3) is 0 Å². The Kier molecular flexibility index (Phi) is 2.53.